The molecule has 40 heavy (non-hydrogen) atoms. The van der Waals surface area contributed by atoms with Crippen molar-refractivity contribution in [2.75, 3.05) is 17.1 Å². The third-order valence-corrected chi connectivity index (χ3v) is 8.19. The van der Waals surface area contributed by atoms with Gasteiger partial charge in [-0.15, -0.1) is 0 Å². The monoisotopic (exact) mass is 563 g/mol. The van der Waals surface area contributed by atoms with Crippen LogP contribution in [-0.4, -0.2) is 50.0 Å². The van der Waals surface area contributed by atoms with E-state index in [4.69, 9.17) is 0 Å². The molecule has 0 aliphatic rings. The van der Waals surface area contributed by atoms with Gasteiger partial charge < -0.3 is 10.2 Å². The predicted octanol–water partition coefficient (Wildman–Crippen LogP) is 4.88. The summed E-state index contributed by atoms with van der Waals surface area (Å²) in [6.07, 6.45) is 2.75. The van der Waals surface area contributed by atoms with E-state index in [0.717, 1.165) is 39.2 Å². The van der Waals surface area contributed by atoms with Gasteiger partial charge in [-0.05, 0) is 49.4 Å². The molecule has 0 spiro atoms. The Morgan fingerprint density at radius 1 is 0.875 bits per heavy atom. The van der Waals surface area contributed by atoms with E-state index < -0.39 is 28.5 Å². The lowest BCUT2D eigenvalue weighted by Crippen LogP contribution is -2.54. The van der Waals surface area contributed by atoms with Crippen molar-refractivity contribution < 1.29 is 18.0 Å². The third-order valence-electron chi connectivity index (χ3n) is 7.07. The Kier molecular flexibility index (Phi) is 10.9. The molecular weight excluding hydrogens is 522 g/mol. The van der Waals surface area contributed by atoms with Crippen LogP contribution < -0.4 is 9.62 Å². The number of nitrogens with zero attached hydrogens (tertiary/aromatic N) is 2. The first-order valence-electron chi connectivity index (χ1n) is 13.8. The summed E-state index contributed by atoms with van der Waals surface area (Å²) in [5.74, 6) is -0.712. The maximum Gasteiger partial charge on any atom is 0.244 e. The van der Waals surface area contributed by atoms with Crippen molar-refractivity contribution in [2.24, 2.45) is 0 Å². The van der Waals surface area contributed by atoms with Crippen molar-refractivity contribution in [1.82, 2.24) is 10.2 Å². The smallest absolute Gasteiger partial charge is 0.244 e. The van der Waals surface area contributed by atoms with Crippen molar-refractivity contribution >= 4 is 27.5 Å². The van der Waals surface area contributed by atoms with Crippen LogP contribution in [0.4, 0.5) is 5.69 Å². The lowest BCUT2D eigenvalue weighted by Gasteiger charge is -2.34. The van der Waals surface area contributed by atoms with Gasteiger partial charge in [0, 0.05) is 19.0 Å². The fourth-order valence-corrected chi connectivity index (χ4v) is 5.41. The molecule has 8 heteroatoms. The first-order valence-corrected chi connectivity index (χ1v) is 15.6. The van der Waals surface area contributed by atoms with Crippen LogP contribution >= 0.6 is 0 Å². The van der Waals surface area contributed by atoms with Crippen LogP contribution in [0.25, 0.3) is 0 Å². The Morgan fingerprint density at radius 3 is 2.10 bits per heavy atom. The van der Waals surface area contributed by atoms with E-state index in [0.29, 0.717) is 18.5 Å². The van der Waals surface area contributed by atoms with Gasteiger partial charge in [0.25, 0.3) is 0 Å². The van der Waals surface area contributed by atoms with Crippen LogP contribution in [0.2, 0.25) is 0 Å². The van der Waals surface area contributed by atoms with E-state index in [1.807, 2.05) is 94.4 Å². The predicted molar refractivity (Wildman–Crippen MR) is 162 cm³/mol. The number of hydrogen-bond acceptors (Lipinski definition) is 4. The molecule has 0 aliphatic carbocycles. The number of carbonyl (C=O) groups is 2. The van der Waals surface area contributed by atoms with Crippen LogP contribution in [-0.2, 0) is 39.0 Å². The fraction of sp³-hybridized carbons (Fsp3) is 0.375. The summed E-state index contributed by atoms with van der Waals surface area (Å²) < 4.78 is 27.2. The summed E-state index contributed by atoms with van der Waals surface area (Å²) in [6.45, 7) is 7.60. The minimum atomic E-state index is -3.80. The van der Waals surface area contributed by atoms with Crippen LogP contribution in [0.3, 0.4) is 0 Å². The molecule has 7 nitrogen and oxygen atoms in total. The minimum Gasteiger partial charge on any atom is -0.352 e. The molecule has 2 atom stereocenters. The second-order valence-electron chi connectivity index (χ2n) is 10.3. The summed E-state index contributed by atoms with van der Waals surface area (Å²) in [4.78, 5) is 29.4. The Labute approximate surface area is 239 Å². The molecule has 214 valence electrons. The molecule has 0 saturated heterocycles. The van der Waals surface area contributed by atoms with Crippen LogP contribution in [0.15, 0.2) is 78.9 Å². The van der Waals surface area contributed by atoms with E-state index in [2.05, 4.69) is 5.32 Å². The Hall–Kier alpha value is -3.65. The number of amides is 2. The first kappa shape index (κ1) is 30.9. The van der Waals surface area contributed by atoms with Gasteiger partial charge >= 0.3 is 0 Å². The van der Waals surface area contributed by atoms with Crippen molar-refractivity contribution in [3.05, 3.63) is 101 Å². The number of nitrogens with one attached hydrogen (secondary N) is 1. The maximum absolute atomic E-state index is 14.2. The molecule has 3 aromatic carbocycles. The van der Waals surface area contributed by atoms with Gasteiger partial charge in [-0.3, -0.25) is 13.9 Å². The number of hydrogen-bond donors (Lipinski definition) is 1. The van der Waals surface area contributed by atoms with Gasteiger partial charge in [0.2, 0.25) is 21.8 Å². The molecule has 1 N–H and O–H groups in total. The number of aryl methyl sites for hydroxylation is 2. The van der Waals surface area contributed by atoms with Gasteiger partial charge in [0.15, 0.2) is 0 Å². The van der Waals surface area contributed by atoms with E-state index in [1.54, 1.807) is 12.1 Å². The van der Waals surface area contributed by atoms with Crippen molar-refractivity contribution in [3.63, 3.8) is 0 Å². The van der Waals surface area contributed by atoms with Gasteiger partial charge in [-0.1, -0.05) is 92.2 Å². The first-order chi connectivity index (χ1) is 19.0. The van der Waals surface area contributed by atoms with E-state index in [1.165, 1.54) is 4.90 Å². The third kappa shape index (κ3) is 8.42. The van der Waals surface area contributed by atoms with Crippen molar-refractivity contribution in [1.29, 1.82) is 0 Å². The highest BCUT2D eigenvalue weighted by Crippen LogP contribution is 2.24. The van der Waals surface area contributed by atoms with Gasteiger partial charge in [0.05, 0.1) is 11.9 Å². The zero-order valence-corrected chi connectivity index (χ0v) is 24.9. The van der Waals surface area contributed by atoms with Crippen LogP contribution in [0.1, 0.15) is 49.4 Å². The number of benzene rings is 3. The largest absolute Gasteiger partial charge is 0.352 e. The summed E-state index contributed by atoms with van der Waals surface area (Å²) in [7, 11) is -3.80. The summed E-state index contributed by atoms with van der Waals surface area (Å²) in [5, 5.41) is 3.05. The quantitative estimate of drug-likeness (QED) is 0.321. The Bertz CT molecular complexity index is 1370. The zero-order valence-electron chi connectivity index (χ0n) is 24.1. The zero-order chi connectivity index (χ0) is 29.3. The van der Waals surface area contributed by atoms with Gasteiger partial charge in [0.1, 0.15) is 12.6 Å². The summed E-state index contributed by atoms with van der Waals surface area (Å²) in [5.41, 5.74) is 4.13. The molecule has 0 radical (unpaired) electrons. The molecule has 3 rings (SSSR count). The average Bonchev–Trinajstić information content (AvgIpc) is 2.94. The molecule has 0 heterocycles. The van der Waals surface area contributed by atoms with Crippen LogP contribution in [0, 0.1) is 6.92 Å². The summed E-state index contributed by atoms with van der Waals surface area (Å²) >= 11 is 0. The molecule has 0 saturated carbocycles. The number of anilines is 1. The van der Waals surface area contributed by atoms with E-state index >= 15 is 0 Å². The molecular formula is C32H41N3O4S. The lowest BCUT2D eigenvalue weighted by molar-refractivity contribution is -0.140. The molecule has 0 bridgehead atoms. The second-order valence-corrected chi connectivity index (χ2v) is 12.2. The number of para-hydroxylation sites is 1. The number of sulfonamides is 1. The van der Waals surface area contributed by atoms with Crippen molar-refractivity contribution in [2.45, 2.75) is 65.6 Å². The normalized spacial score (nSPS) is 12.8. The SMILES string of the molecule is CCc1ccccc1N(CC(=O)N(Cc1ccc(C)cc1)[C@H](Cc1ccccc1)C(=O)N[C@H](C)CC)S(C)(=O)=O. The molecule has 0 unspecified atom stereocenters. The van der Waals surface area contributed by atoms with Crippen LogP contribution in [0.5, 0.6) is 0 Å². The Morgan fingerprint density at radius 2 is 1.50 bits per heavy atom. The lowest BCUT2D eigenvalue weighted by atomic mass is 10.0. The van der Waals surface area contributed by atoms with Gasteiger partial charge in [-0.2, -0.15) is 0 Å². The summed E-state index contributed by atoms with van der Waals surface area (Å²) in [6, 6.07) is 23.6. The molecule has 0 aromatic heterocycles. The Balaban J connectivity index is 2.07. The van der Waals surface area contributed by atoms with E-state index in [-0.39, 0.29) is 18.5 Å². The molecule has 3 aromatic rings. The molecule has 2 amide bonds. The highest BCUT2D eigenvalue weighted by molar-refractivity contribution is 7.92. The minimum absolute atomic E-state index is 0.0777. The van der Waals surface area contributed by atoms with Gasteiger partial charge in [-0.25, -0.2) is 8.42 Å². The standard InChI is InChI=1S/C32H41N3O4S/c1-6-25(4)33-32(37)30(21-26-13-9-8-10-14-26)34(22-27-19-17-24(3)18-20-27)31(36)23-35(40(5,38)39)29-16-12-11-15-28(29)7-2/h8-20,25,30H,6-7,21-23H2,1-5H3,(H,33,37)/t25-,30-/m1/s1. The average molecular weight is 564 g/mol. The van der Waals surface area contributed by atoms with Crippen molar-refractivity contribution in [3.8, 4) is 0 Å². The number of carbonyl (C=O) groups excluding carboxylic acids is 2. The molecule has 0 aliphatic heterocycles. The van der Waals surface area contributed by atoms with E-state index in [9.17, 15) is 18.0 Å². The fourth-order valence-electron chi connectivity index (χ4n) is 4.53. The second kappa shape index (κ2) is 14.1. The highest BCUT2D eigenvalue weighted by atomic mass is 32.2. The topological polar surface area (TPSA) is 86.8 Å². The maximum atomic E-state index is 14.2. The highest BCUT2D eigenvalue weighted by Gasteiger charge is 2.33. The number of rotatable bonds is 13. The molecule has 0 fully saturated rings.